The number of aromatic nitrogens is 3. The highest BCUT2D eigenvalue weighted by molar-refractivity contribution is 7.99. The highest BCUT2D eigenvalue weighted by atomic mass is 32.2. The van der Waals surface area contributed by atoms with Crippen molar-refractivity contribution >= 4 is 27.4 Å². The number of thioether (sulfide) groups is 1. The summed E-state index contributed by atoms with van der Waals surface area (Å²) in [7, 11) is -3.00. The molecular weight excluding hydrogens is 446 g/mol. The molecule has 4 rings (SSSR count). The summed E-state index contributed by atoms with van der Waals surface area (Å²) in [5.74, 6) is 1.29. The number of aryl methyl sites for hydroxylation is 1. The van der Waals surface area contributed by atoms with E-state index >= 15 is 0 Å². The summed E-state index contributed by atoms with van der Waals surface area (Å²) in [6.07, 6.45) is 1.23. The Hall–Kier alpha value is -2.39. The van der Waals surface area contributed by atoms with Gasteiger partial charge in [0.15, 0.2) is 15.6 Å². The molecule has 0 spiro atoms. The third-order valence-electron chi connectivity index (χ3n) is 5.98. The summed E-state index contributed by atoms with van der Waals surface area (Å²) in [4.78, 5) is 12.9. The number of hydrogen-bond donors (Lipinski definition) is 0. The molecule has 170 valence electrons. The van der Waals surface area contributed by atoms with Gasteiger partial charge < -0.3 is 8.98 Å². The lowest BCUT2D eigenvalue weighted by Gasteiger charge is -2.16. The van der Waals surface area contributed by atoms with Crippen molar-refractivity contribution in [2.24, 2.45) is 0 Å². The lowest BCUT2D eigenvalue weighted by atomic mass is 9.98. The number of sulfone groups is 1. The van der Waals surface area contributed by atoms with Crippen LogP contribution in [0.15, 0.2) is 46.0 Å². The number of ketones is 1. The van der Waals surface area contributed by atoms with Gasteiger partial charge in [-0.2, -0.15) is 0 Å². The topological polar surface area (TPSA) is 95.1 Å². The van der Waals surface area contributed by atoms with E-state index in [0.29, 0.717) is 29.5 Å². The minimum atomic E-state index is -3.00. The first-order valence-electron chi connectivity index (χ1n) is 10.7. The predicted octanol–water partition coefficient (Wildman–Crippen LogP) is 4.17. The first-order chi connectivity index (χ1) is 15.2. The van der Waals surface area contributed by atoms with E-state index in [1.807, 2.05) is 42.7 Å². The van der Waals surface area contributed by atoms with E-state index in [1.165, 1.54) is 17.3 Å². The monoisotopic (exact) mass is 473 g/mol. The van der Waals surface area contributed by atoms with E-state index in [2.05, 4.69) is 29.3 Å². The molecule has 0 saturated carbocycles. The van der Waals surface area contributed by atoms with Gasteiger partial charge in [-0.05, 0) is 37.8 Å². The molecule has 3 aromatic rings. The molecule has 1 aromatic carbocycles. The van der Waals surface area contributed by atoms with Crippen LogP contribution in [0, 0.1) is 13.8 Å². The molecule has 3 heterocycles. The van der Waals surface area contributed by atoms with Crippen LogP contribution in [0.25, 0.3) is 0 Å². The van der Waals surface area contributed by atoms with Gasteiger partial charge in [0.1, 0.15) is 0 Å². The van der Waals surface area contributed by atoms with Gasteiger partial charge in [0.25, 0.3) is 5.22 Å². The van der Waals surface area contributed by atoms with E-state index in [4.69, 9.17) is 4.42 Å². The fourth-order valence-corrected chi connectivity index (χ4v) is 6.71. The smallest absolute Gasteiger partial charge is 0.277 e. The predicted molar refractivity (Wildman–Crippen MR) is 124 cm³/mol. The van der Waals surface area contributed by atoms with Crippen molar-refractivity contribution in [1.29, 1.82) is 0 Å². The lowest BCUT2D eigenvalue weighted by molar-refractivity contribution is 0.102. The van der Waals surface area contributed by atoms with Crippen molar-refractivity contribution in [1.82, 2.24) is 14.8 Å². The van der Waals surface area contributed by atoms with Crippen LogP contribution in [0.3, 0.4) is 0 Å². The summed E-state index contributed by atoms with van der Waals surface area (Å²) in [5.41, 5.74) is 3.56. The van der Waals surface area contributed by atoms with Crippen molar-refractivity contribution in [3.63, 3.8) is 0 Å². The second-order valence-electron chi connectivity index (χ2n) is 8.40. The molecule has 2 unspecified atom stereocenters. The van der Waals surface area contributed by atoms with Gasteiger partial charge in [-0.1, -0.05) is 49.0 Å². The van der Waals surface area contributed by atoms with Crippen LogP contribution in [-0.4, -0.2) is 46.2 Å². The normalized spacial score (nSPS) is 18.7. The molecule has 9 heteroatoms. The average Bonchev–Trinajstić information content (AvgIpc) is 3.44. The van der Waals surface area contributed by atoms with Gasteiger partial charge in [0.05, 0.1) is 17.3 Å². The summed E-state index contributed by atoms with van der Waals surface area (Å²) < 4.78 is 31.5. The minimum absolute atomic E-state index is 0.0346. The van der Waals surface area contributed by atoms with E-state index < -0.39 is 9.84 Å². The molecule has 0 radical (unpaired) electrons. The van der Waals surface area contributed by atoms with Gasteiger partial charge in [-0.15, -0.1) is 10.2 Å². The SMILES string of the molecule is Cc1cc(C(=O)CSc2nnc(CC(C)c3ccccc3)o2)c(C)n1C1CCS(=O)(=O)C1. The van der Waals surface area contributed by atoms with Crippen LogP contribution < -0.4 is 0 Å². The van der Waals surface area contributed by atoms with Crippen molar-refractivity contribution in [2.75, 3.05) is 17.3 Å². The number of carbonyl (C=O) groups excluding carboxylic acids is 1. The summed E-state index contributed by atoms with van der Waals surface area (Å²) in [6, 6.07) is 11.9. The molecule has 0 aliphatic carbocycles. The summed E-state index contributed by atoms with van der Waals surface area (Å²) in [5, 5.41) is 8.58. The molecule has 0 N–H and O–H groups in total. The highest BCUT2D eigenvalue weighted by Gasteiger charge is 2.31. The van der Waals surface area contributed by atoms with E-state index in [0.717, 1.165) is 11.4 Å². The average molecular weight is 474 g/mol. The second-order valence-corrected chi connectivity index (χ2v) is 11.6. The Labute approximate surface area is 192 Å². The molecule has 32 heavy (non-hydrogen) atoms. The maximum atomic E-state index is 12.9. The zero-order valence-electron chi connectivity index (χ0n) is 18.4. The van der Waals surface area contributed by atoms with Crippen molar-refractivity contribution in [2.45, 2.75) is 50.8 Å². The minimum Gasteiger partial charge on any atom is -0.416 e. The number of benzene rings is 1. The fraction of sp³-hybridized carbons (Fsp3) is 0.435. The standard InChI is InChI=1S/C23H27N3O4S2/c1-15(18-7-5-4-6-8-18)11-22-24-25-23(30-22)31-13-21(27)20-12-16(2)26(17(20)3)19-9-10-32(28,29)14-19/h4-8,12,15,19H,9-11,13-14H2,1-3H3. The number of Topliss-reactive ketones (excluding diaryl/α,β-unsaturated/α-hetero) is 1. The number of nitrogens with zero attached hydrogens (tertiary/aromatic N) is 3. The largest absolute Gasteiger partial charge is 0.416 e. The Morgan fingerprint density at radius 2 is 2.00 bits per heavy atom. The molecule has 1 aliphatic rings. The van der Waals surface area contributed by atoms with Crippen molar-refractivity contribution in [3.8, 4) is 0 Å². The molecule has 1 aliphatic heterocycles. The first kappa shape index (κ1) is 22.8. The molecule has 1 fully saturated rings. The number of rotatable bonds is 8. The number of carbonyl (C=O) groups is 1. The Morgan fingerprint density at radius 3 is 2.69 bits per heavy atom. The molecule has 0 bridgehead atoms. The second kappa shape index (κ2) is 9.23. The fourth-order valence-electron chi connectivity index (χ4n) is 4.35. The molecule has 2 atom stereocenters. The Morgan fingerprint density at radius 1 is 1.25 bits per heavy atom. The van der Waals surface area contributed by atoms with Crippen LogP contribution in [0.1, 0.15) is 58.5 Å². The number of hydrogen-bond acceptors (Lipinski definition) is 7. The maximum Gasteiger partial charge on any atom is 0.277 e. The first-order valence-corrected chi connectivity index (χ1v) is 13.5. The Bertz CT molecular complexity index is 1220. The zero-order valence-corrected chi connectivity index (χ0v) is 20.1. The van der Waals surface area contributed by atoms with Crippen molar-refractivity contribution < 1.29 is 17.6 Å². The van der Waals surface area contributed by atoms with Gasteiger partial charge in [-0.3, -0.25) is 4.79 Å². The van der Waals surface area contributed by atoms with E-state index in [-0.39, 0.29) is 35.0 Å². The van der Waals surface area contributed by atoms with Crippen LogP contribution in [0.4, 0.5) is 0 Å². The Kier molecular flexibility index (Phi) is 6.57. The molecule has 2 aromatic heterocycles. The molecular formula is C23H27N3O4S2. The van der Waals surface area contributed by atoms with E-state index in [1.54, 1.807) is 0 Å². The Balaban J connectivity index is 1.38. The third kappa shape index (κ3) is 4.99. The van der Waals surface area contributed by atoms with Crippen LogP contribution >= 0.6 is 11.8 Å². The van der Waals surface area contributed by atoms with Crippen molar-refractivity contribution in [3.05, 3.63) is 64.8 Å². The van der Waals surface area contributed by atoms with Gasteiger partial charge >= 0.3 is 0 Å². The van der Waals surface area contributed by atoms with Crippen LogP contribution in [0.2, 0.25) is 0 Å². The van der Waals surface area contributed by atoms with Gasteiger partial charge in [-0.25, -0.2) is 8.42 Å². The maximum absolute atomic E-state index is 12.9. The summed E-state index contributed by atoms with van der Waals surface area (Å²) >= 11 is 1.23. The van der Waals surface area contributed by atoms with Gasteiger partial charge in [0.2, 0.25) is 5.89 Å². The van der Waals surface area contributed by atoms with E-state index in [9.17, 15) is 13.2 Å². The summed E-state index contributed by atoms with van der Waals surface area (Å²) in [6.45, 7) is 5.91. The third-order valence-corrected chi connectivity index (χ3v) is 8.55. The molecule has 1 saturated heterocycles. The highest BCUT2D eigenvalue weighted by Crippen LogP contribution is 2.30. The van der Waals surface area contributed by atoms with Crippen LogP contribution in [0.5, 0.6) is 0 Å². The molecule has 7 nitrogen and oxygen atoms in total. The zero-order chi connectivity index (χ0) is 22.9. The lowest BCUT2D eigenvalue weighted by Crippen LogP contribution is -2.14. The quantitative estimate of drug-likeness (QED) is 0.358. The van der Waals surface area contributed by atoms with Crippen LogP contribution in [-0.2, 0) is 16.3 Å². The molecule has 0 amide bonds. The van der Waals surface area contributed by atoms with Gasteiger partial charge in [0, 0.05) is 29.4 Å².